The van der Waals surface area contributed by atoms with E-state index >= 15 is 0 Å². The third-order valence-electron chi connectivity index (χ3n) is 0.500. The van der Waals surface area contributed by atoms with Crippen molar-refractivity contribution >= 4 is 35.3 Å². The zero-order valence-corrected chi connectivity index (χ0v) is 12.5. The molecule has 0 spiro atoms. The number of hydrogen-bond acceptors (Lipinski definition) is 9. The molecular weight excluding hydrogens is 328 g/mol. The average Bonchev–Trinajstić information content (AvgIpc) is 2.19. The molecule has 0 rings (SSSR count). The Labute approximate surface area is 128 Å². The number of hydrogen-bond donors (Lipinski definition) is 3. The van der Waals surface area contributed by atoms with E-state index in [0.717, 1.165) is 0 Å². The van der Waals surface area contributed by atoms with Crippen molar-refractivity contribution in [1.82, 2.24) is 0 Å². The van der Waals surface area contributed by atoms with Gasteiger partial charge in [-0.3, -0.25) is 0 Å². The van der Waals surface area contributed by atoms with Gasteiger partial charge in [0, 0.05) is 45.8 Å². The maximum atomic E-state index is 9.13. The Balaban J connectivity index is -0.0000000400. The summed E-state index contributed by atoms with van der Waals surface area (Å²) in [4.78, 5) is 27.4. The van der Waals surface area contributed by atoms with Gasteiger partial charge in [-0.1, -0.05) is 0 Å². The summed E-state index contributed by atoms with van der Waals surface area (Å²) in [6.45, 7) is -1.17. The third kappa shape index (κ3) is 90.6. The molecule has 0 heterocycles. The van der Waals surface area contributed by atoms with Gasteiger partial charge in [0.15, 0.2) is 0 Å². The average molecular weight is 340 g/mol. The number of rotatable bonds is 3. The van der Waals surface area contributed by atoms with Crippen molar-refractivity contribution in [2.24, 2.45) is 17.2 Å². The normalized spacial score (nSPS) is 6.53. The third-order valence-corrected chi connectivity index (χ3v) is 0.500. The predicted octanol–water partition coefficient (Wildman–Crippen LogP) is -7.30. The summed E-state index contributed by atoms with van der Waals surface area (Å²) in [6.07, 6.45) is 0. The summed E-state index contributed by atoms with van der Waals surface area (Å²) in [7, 11) is 0. The van der Waals surface area contributed by atoms with Crippen molar-refractivity contribution in [3.8, 4) is 0 Å². The van der Waals surface area contributed by atoms with Crippen LogP contribution in [-0.2, 0) is 40.6 Å². The first-order chi connectivity index (χ1) is 6.81. The van der Waals surface area contributed by atoms with E-state index in [2.05, 4.69) is 17.2 Å². The van der Waals surface area contributed by atoms with E-state index in [4.69, 9.17) is 29.7 Å². The number of carboxylic acids is 3. The Bertz CT molecular complexity index is 173. The number of carboxylic acid groups (broad SMARTS) is 3. The van der Waals surface area contributed by atoms with Gasteiger partial charge >= 0.3 is 17.4 Å². The van der Waals surface area contributed by atoms with Crippen LogP contribution in [-0.4, -0.2) is 54.9 Å². The number of carbonyl (C=O) groups excluding carboxylic acids is 3. The molecule has 0 aliphatic carbocycles. The number of aliphatic carboxylic acids is 3. The Hall–Kier alpha value is -0.294. The molecule has 17 heavy (non-hydrogen) atoms. The summed E-state index contributed by atoms with van der Waals surface area (Å²) in [5.41, 5.74) is 13.5. The standard InChI is InChI=1S/3C2H5NO2.Al.Zr/c3*3-1-2(4)5;;/h3*1,3H2,(H,4,5);;/q;;;+3;/p-3. The van der Waals surface area contributed by atoms with Crippen LogP contribution in [0.2, 0.25) is 0 Å². The minimum atomic E-state index is -1.22. The molecule has 9 nitrogen and oxygen atoms in total. The molecule has 0 saturated carbocycles. The Morgan fingerprint density at radius 2 is 0.765 bits per heavy atom. The molecule has 94 valence electrons. The fraction of sp³-hybridized carbons (Fsp3) is 0.500. The molecule has 11 heteroatoms. The van der Waals surface area contributed by atoms with Gasteiger partial charge in [0.25, 0.3) is 0 Å². The summed E-state index contributed by atoms with van der Waals surface area (Å²) in [6, 6.07) is 0. The van der Waals surface area contributed by atoms with E-state index in [0.29, 0.717) is 0 Å². The molecule has 0 atom stereocenters. The van der Waals surface area contributed by atoms with Crippen molar-refractivity contribution in [2.45, 2.75) is 0 Å². The van der Waals surface area contributed by atoms with Crippen LogP contribution in [0.5, 0.6) is 0 Å². The van der Waals surface area contributed by atoms with Crippen LogP contribution in [0, 0.1) is 0 Å². The second-order valence-corrected chi connectivity index (χ2v) is 1.73. The van der Waals surface area contributed by atoms with E-state index in [1.807, 2.05) is 0 Å². The molecule has 0 aliphatic rings. The molecule has 0 saturated heterocycles. The van der Waals surface area contributed by atoms with Crippen molar-refractivity contribution in [1.29, 1.82) is 0 Å². The molecule has 0 aromatic rings. The van der Waals surface area contributed by atoms with Crippen molar-refractivity contribution in [2.75, 3.05) is 19.6 Å². The summed E-state index contributed by atoms with van der Waals surface area (Å²) < 4.78 is 0. The Morgan fingerprint density at radius 1 is 0.706 bits per heavy atom. The van der Waals surface area contributed by atoms with E-state index < -0.39 is 17.9 Å². The molecular formula is C6H12AlN3O6Zr. The second-order valence-electron chi connectivity index (χ2n) is 1.73. The van der Waals surface area contributed by atoms with Gasteiger partial charge in [0.2, 0.25) is 0 Å². The van der Waals surface area contributed by atoms with Gasteiger partial charge in [-0.05, 0) is 0 Å². The molecule has 0 bridgehead atoms. The minimum Gasteiger partial charge on any atom is -0.549 e. The Kier molecular flexibility index (Phi) is 43.8. The van der Waals surface area contributed by atoms with E-state index in [1.165, 1.54) is 0 Å². The van der Waals surface area contributed by atoms with Crippen LogP contribution in [0.3, 0.4) is 0 Å². The van der Waals surface area contributed by atoms with Crippen molar-refractivity contribution < 1.29 is 55.9 Å². The molecule has 0 aromatic carbocycles. The number of carbonyl (C=O) groups is 3. The van der Waals surface area contributed by atoms with Gasteiger partial charge < -0.3 is 46.9 Å². The maximum absolute atomic E-state index is 9.13. The molecule has 0 aromatic heterocycles. The van der Waals surface area contributed by atoms with Crippen molar-refractivity contribution in [3.63, 3.8) is 0 Å². The zero-order valence-electron chi connectivity index (χ0n) is 8.88. The van der Waals surface area contributed by atoms with Crippen LogP contribution >= 0.6 is 0 Å². The van der Waals surface area contributed by atoms with Gasteiger partial charge in [0.05, 0.1) is 17.9 Å². The fourth-order valence-electron chi connectivity index (χ4n) is 0. The minimum absolute atomic E-state index is 0. The Morgan fingerprint density at radius 3 is 0.765 bits per heavy atom. The molecule has 6 N–H and O–H groups in total. The fourth-order valence-corrected chi connectivity index (χ4v) is 0. The van der Waals surface area contributed by atoms with Crippen LogP contribution in [0.1, 0.15) is 0 Å². The topological polar surface area (TPSA) is 198 Å². The van der Waals surface area contributed by atoms with E-state index in [9.17, 15) is 0 Å². The predicted molar refractivity (Wildman–Crippen MR) is 47.9 cm³/mol. The summed E-state index contributed by atoms with van der Waals surface area (Å²) in [5.74, 6) is -3.65. The molecule has 0 unspecified atom stereocenters. The second kappa shape index (κ2) is 24.8. The van der Waals surface area contributed by atoms with Crippen LogP contribution < -0.4 is 32.5 Å². The van der Waals surface area contributed by atoms with E-state index in [-0.39, 0.29) is 63.2 Å². The largest absolute Gasteiger partial charge is 3.00 e. The SMILES string of the molecule is NCC(=O)[O-].NCC(=O)[O-].NCC(=O)[O-].[Al+3].[Zr]. The molecule has 0 aliphatic heterocycles. The number of nitrogens with two attached hydrogens (primary N) is 3. The van der Waals surface area contributed by atoms with Gasteiger partial charge in [-0.25, -0.2) is 0 Å². The monoisotopic (exact) mass is 339 g/mol. The van der Waals surface area contributed by atoms with Gasteiger partial charge in [-0.2, -0.15) is 0 Å². The molecule has 0 fully saturated rings. The van der Waals surface area contributed by atoms with Crippen LogP contribution in [0.4, 0.5) is 0 Å². The first-order valence-electron chi connectivity index (χ1n) is 3.51. The molecule has 0 amide bonds. The first-order valence-corrected chi connectivity index (χ1v) is 3.51. The maximum Gasteiger partial charge on any atom is 3.00 e. The summed E-state index contributed by atoms with van der Waals surface area (Å²) >= 11 is 0. The molecule has 0 radical (unpaired) electrons. The van der Waals surface area contributed by atoms with Crippen molar-refractivity contribution in [3.05, 3.63) is 0 Å². The van der Waals surface area contributed by atoms with Crippen LogP contribution in [0.25, 0.3) is 0 Å². The smallest absolute Gasteiger partial charge is 0.549 e. The quantitative estimate of drug-likeness (QED) is 0.417. The first kappa shape index (κ1) is 30.1. The van der Waals surface area contributed by atoms with E-state index in [1.54, 1.807) is 0 Å². The van der Waals surface area contributed by atoms with Crippen LogP contribution in [0.15, 0.2) is 0 Å². The zero-order chi connectivity index (χ0) is 12.9. The summed E-state index contributed by atoms with van der Waals surface area (Å²) in [5, 5.41) is 27.4. The van der Waals surface area contributed by atoms with Gasteiger partial charge in [0.1, 0.15) is 0 Å². The van der Waals surface area contributed by atoms with Gasteiger partial charge in [-0.15, -0.1) is 0 Å².